The molecule has 0 aliphatic rings. The number of oxazole rings is 1. The molecule has 1 heterocycles. The van der Waals surface area contributed by atoms with Crippen LogP contribution < -0.4 is 4.74 Å². The van der Waals surface area contributed by atoms with E-state index in [1.165, 1.54) is 8.61 Å². The van der Waals surface area contributed by atoms with Crippen molar-refractivity contribution in [1.29, 1.82) is 0 Å². The molecule has 9 heteroatoms. The molecule has 3 aromatic rings. The summed E-state index contributed by atoms with van der Waals surface area (Å²) in [6, 6.07) is 17.0. The van der Waals surface area contributed by atoms with Crippen molar-refractivity contribution in [2.24, 2.45) is 0 Å². The fourth-order valence-electron chi connectivity index (χ4n) is 2.89. The van der Waals surface area contributed by atoms with E-state index in [-0.39, 0.29) is 13.1 Å². The van der Waals surface area contributed by atoms with Crippen LogP contribution in [0.4, 0.5) is 0 Å². The molecule has 3 rings (SSSR count). The second kappa shape index (κ2) is 10.9. The van der Waals surface area contributed by atoms with Gasteiger partial charge >= 0.3 is 5.97 Å². The van der Waals surface area contributed by atoms with Gasteiger partial charge in [-0.3, -0.25) is 4.79 Å². The highest BCUT2D eigenvalue weighted by molar-refractivity contribution is 7.80. The zero-order valence-electron chi connectivity index (χ0n) is 17.4. The van der Waals surface area contributed by atoms with E-state index < -0.39 is 17.1 Å². The highest BCUT2D eigenvalue weighted by Crippen LogP contribution is 2.19. The topological polar surface area (TPSA) is 96.1 Å². The van der Waals surface area contributed by atoms with Crippen molar-refractivity contribution in [2.45, 2.75) is 13.0 Å². The molecule has 1 aromatic heterocycles. The number of aliphatic carboxylic acids is 1. The van der Waals surface area contributed by atoms with Crippen molar-refractivity contribution in [3.05, 3.63) is 72.1 Å². The quantitative estimate of drug-likeness (QED) is 0.489. The molecule has 1 N–H and O–H groups in total. The molecule has 0 aliphatic heterocycles. The first-order valence-electron chi connectivity index (χ1n) is 9.70. The summed E-state index contributed by atoms with van der Waals surface area (Å²) in [5.41, 5.74) is 2.52. The molecule has 0 saturated heterocycles. The van der Waals surface area contributed by atoms with E-state index in [9.17, 15) is 9.00 Å². The van der Waals surface area contributed by atoms with Crippen LogP contribution in [0, 0.1) is 0 Å². The molecule has 164 valence electrons. The maximum absolute atomic E-state index is 12.4. The second-order valence-electron chi connectivity index (χ2n) is 6.99. The number of aromatic nitrogens is 1. The Morgan fingerprint density at radius 3 is 2.65 bits per heavy atom. The van der Waals surface area contributed by atoms with Crippen LogP contribution in [0.1, 0.15) is 11.3 Å². The Hall–Kier alpha value is -3.01. The summed E-state index contributed by atoms with van der Waals surface area (Å²) in [6.45, 7) is 0.302. The van der Waals surface area contributed by atoms with E-state index in [1.54, 1.807) is 20.4 Å². The lowest BCUT2D eigenvalue weighted by Crippen LogP contribution is -2.37. The molecule has 0 aliphatic carbocycles. The Morgan fingerprint density at radius 1 is 1.16 bits per heavy atom. The average molecular weight is 444 g/mol. The number of ether oxygens (including phenoxy) is 1. The van der Waals surface area contributed by atoms with E-state index in [0.717, 1.165) is 16.8 Å². The van der Waals surface area contributed by atoms with Crippen molar-refractivity contribution in [1.82, 2.24) is 13.6 Å². The van der Waals surface area contributed by atoms with Crippen LogP contribution in [0.2, 0.25) is 0 Å². The van der Waals surface area contributed by atoms with Crippen molar-refractivity contribution in [2.75, 3.05) is 27.2 Å². The number of hydrogen-bond donors (Lipinski definition) is 1. The van der Waals surface area contributed by atoms with E-state index in [4.69, 9.17) is 14.3 Å². The molecular formula is C22H25N3O5S. The molecule has 0 saturated carbocycles. The number of carboxylic acid groups (broad SMARTS) is 1. The molecule has 0 fully saturated rings. The summed E-state index contributed by atoms with van der Waals surface area (Å²) in [4.78, 5) is 15.6. The molecule has 2 aromatic carbocycles. The lowest BCUT2D eigenvalue weighted by Gasteiger charge is -2.22. The van der Waals surface area contributed by atoms with Gasteiger partial charge in [-0.05, 0) is 29.8 Å². The molecule has 31 heavy (non-hydrogen) atoms. The number of carbonyl (C=O) groups is 1. The van der Waals surface area contributed by atoms with Gasteiger partial charge in [0.1, 0.15) is 18.6 Å². The normalized spacial score (nSPS) is 12.3. The predicted molar refractivity (Wildman–Crippen MR) is 117 cm³/mol. The third kappa shape index (κ3) is 6.74. The summed E-state index contributed by atoms with van der Waals surface area (Å²) in [6.07, 6.45) is 2.21. The van der Waals surface area contributed by atoms with Gasteiger partial charge in [0.25, 0.3) is 0 Å². The van der Waals surface area contributed by atoms with Crippen LogP contribution in [-0.4, -0.2) is 56.1 Å². The van der Waals surface area contributed by atoms with Crippen LogP contribution in [0.5, 0.6) is 5.75 Å². The Labute approximate surface area is 183 Å². The summed E-state index contributed by atoms with van der Waals surface area (Å²) in [7, 11) is 3.27. The summed E-state index contributed by atoms with van der Waals surface area (Å²) < 4.78 is 26.6. The second-order valence-corrected chi connectivity index (χ2v) is 8.70. The van der Waals surface area contributed by atoms with E-state index in [2.05, 4.69) is 4.98 Å². The smallest absolute Gasteiger partial charge is 0.318 e. The monoisotopic (exact) mass is 443 g/mol. The molecular weight excluding hydrogens is 418 g/mol. The lowest BCUT2D eigenvalue weighted by molar-refractivity contribution is -0.137. The standard InChI is InChI=1S/C22H25N3O5S/c1-24(2)31(28)25(15-21(26)27)14-17-7-6-10-20(13-17)29-12-11-19-16-30-22(23-19)18-8-4-3-5-9-18/h3-10,13,16H,11-12,14-15H2,1-2H3,(H,26,27). The maximum Gasteiger partial charge on any atom is 0.318 e. The van der Waals surface area contributed by atoms with Gasteiger partial charge in [-0.15, -0.1) is 0 Å². The molecule has 0 amide bonds. The highest BCUT2D eigenvalue weighted by atomic mass is 32.2. The SMILES string of the molecule is CN(C)S(=O)N(CC(=O)O)Cc1cccc(OCCc2coc(-c3ccccc3)n2)c1. The molecule has 1 unspecified atom stereocenters. The molecule has 0 spiro atoms. The maximum atomic E-state index is 12.4. The van der Waals surface area contributed by atoms with Gasteiger partial charge in [-0.1, -0.05) is 30.3 Å². The Kier molecular flexibility index (Phi) is 7.94. The van der Waals surface area contributed by atoms with E-state index in [0.29, 0.717) is 24.7 Å². The molecule has 0 radical (unpaired) electrons. The molecule has 8 nitrogen and oxygen atoms in total. The summed E-state index contributed by atoms with van der Waals surface area (Å²) >= 11 is -1.55. The number of benzene rings is 2. The van der Waals surface area contributed by atoms with Gasteiger partial charge in [0, 0.05) is 32.6 Å². The van der Waals surface area contributed by atoms with Crippen molar-refractivity contribution in [3.63, 3.8) is 0 Å². The van der Waals surface area contributed by atoms with Gasteiger partial charge in [0.15, 0.2) is 11.2 Å². The van der Waals surface area contributed by atoms with Gasteiger partial charge in [-0.25, -0.2) is 13.5 Å². The molecule has 0 bridgehead atoms. The Morgan fingerprint density at radius 2 is 1.94 bits per heavy atom. The van der Waals surface area contributed by atoms with Gasteiger partial charge in [0.2, 0.25) is 5.89 Å². The van der Waals surface area contributed by atoms with Crippen LogP contribution >= 0.6 is 0 Å². The fourth-order valence-corrected chi connectivity index (χ4v) is 3.84. The van der Waals surface area contributed by atoms with Gasteiger partial charge < -0.3 is 14.3 Å². The highest BCUT2D eigenvalue weighted by Gasteiger charge is 2.19. The first kappa shape index (κ1) is 22.7. The third-order valence-electron chi connectivity index (χ3n) is 4.30. The number of carboxylic acids is 1. The van der Waals surface area contributed by atoms with E-state index >= 15 is 0 Å². The Balaban J connectivity index is 1.57. The zero-order valence-corrected chi connectivity index (χ0v) is 18.2. The molecule has 1 atom stereocenters. The van der Waals surface area contributed by atoms with Crippen molar-refractivity contribution in [3.8, 4) is 17.2 Å². The van der Waals surface area contributed by atoms with Crippen molar-refractivity contribution >= 4 is 17.1 Å². The first-order chi connectivity index (χ1) is 14.9. The first-order valence-corrected chi connectivity index (χ1v) is 10.8. The van der Waals surface area contributed by atoms with Crippen molar-refractivity contribution < 1.29 is 23.3 Å². The van der Waals surface area contributed by atoms with Crippen LogP contribution in [-0.2, 0) is 28.9 Å². The fraction of sp³-hybridized carbons (Fsp3) is 0.273. The lowest BCUT2D eigenvalue weighted by atomic mass is 10.2. The minimum Gasteiger partial charge on any atom is -0.493 e. The predicted octanol–water partition coefficient (Wildman–Crippen LogP) is 2.99. The van der Waals surface area contributed by atoms with Gasteiger partial charge in [0.05, 0.1) is 12.3 Å². The summed E-state index contributed by atoms with van der Waals surface area (Å²) in [5, 5.41) is 9.11. The minimum absolute atomic E-state index is 0.220. The van der Waals surface area contributed by atoms with Crippen LogP contribution in [0.25, 0.3) is 11.5 Å². The third-order valence-corrected chi connectivity index (χ3v) is 5.63. The largest absolute Gasteiger partial charge is 0.493 e. The Bertz CT molecular complexity index is 1020. The van der Waals surface area contributed by atoms with E-state index in [1.807, 2.05) is 54.6 Å². The average Bonchev–Trinajstić information content (AvgIpc) is 3.22. The minimum atomic E-state index is -1.55. The number of nitrogens with zero attached hydrogens (tertiary/aromatic N) is 3. The van der Waals surface area contributed by atoms with Crippen LogP contribution in [0.3, 0.4) is 0 Å². The summed E-state index contributed by atoms with van der Waals surface area (Å²) in [5.74, 6) is 0.185. The number of hydrogen-bond acceptors (Lipinski definition) is 5. The number of rotatable bonds is 11. The van der Waals surface area contributed by atoms with Crippen LogP contribution in [0.15, 0.2) is 65.3 Å². The van der Waals surface area contributed by atoms with Gasteiger partial charge in [-0.2, -0.15) is 4.31 Å². The zero-order chi connectivity index (χ0) is 22.2.